The van der Waals surface area contributed by atoms with Gasteiger partial charge in [-0.3, -0.25) is 4.98 Å². The predicted molar refractivity (Wildman–Crippen MR) is 142 cm³/mol. The second-order valence-electron chi connectivity index (χ2n) is 8.26. The zero-order valence-electron chi connectivity index (χ0n) is 20.3. The third kappa shape index (κ3) is 6.17. The van der Waals surface area contributed by atoms with Gasteiger partial charge in [-0.05, 0) is 35.0 Å². The van der Waals surface area contributed by atoms with E-state index in [2.05, 4.69) is 46.4 Å². The molecule has 3 heterocycles. The Morgan fingerprint density at radius 3 is 2.26 bits per heavy atom. The van der Waals surface area contributed by atoms with Gasteiger partial charge in [0.15, 0.2) is 0 Å². The van der Waals surface area contributed by atoms with E-state index in [0.717, 1.165) is 50.5 Å². The number of fused-ring (bicyclic) bond motifs is 4. The molecule has 0 aliphatic carbocycles. The standard InChI is InChI=1S/C18H10NO.C15H10N.Ir.Y/c1-2-5-13(6-3-1)14-8-9-16-15(11-14)12-20-17-7-4-10-19-18(16)17;1-2-6-12(7-3-1)15-11-10-13-8-4-5-9-14(13)16-15;;/h1-5,7-8,10H,12H2;1-6,8-11H;;/q-3;-1;;. The van der Waals surface area contributed by atoms with Crippen molar-refractivity contribution in [3.05, 3.63) is 139 Å². The number of pyridine rings is 2. The van der Waals surface area contributed by atoms with Crippen molar-refractivity contribution in [2.24, 2.45) is 0 Å². The van der Waals surface area contributed by atoms with Crippen LogP contribution in [0.1, 0.15) is 5.56 Å². The fraction of sp³-hybridized carbons (Fsp3) is 0.0303. The average molecular weight is 742 g/mol. The van der Waals surface area contributed by atoms with E-state index in [1.807, 2.05) is 91.0 Å². The molecule has 0 atom stereocenters. The van der Waals surface area contributed by atoms with Gasteiger partial charge in [0.25, 0.3) is 0 Å². The molecule has 5 heteroatoms. The molecular formula is C33H20IrN2OY-4. The van der Waals surface area contributed by atoms with Crippen molar-refractivity contribution in [2.75, 3.05) is 0 Å². The first-order valence-corrected chi connectivity index (χ1v) is 11.7. The zero-order valence-corrected chi connectivity index (χ0v) is 25.5. The van der Waals surface area contributed by atoms with Gasteiger partial charge >= 0.3 is 0 Å². The average Bonchev–Trinajstić information content (AvgIpc) is 2.98. The van der Waals surface area contributed by atoms with Crippen LogP contribution in [0.15, 0.2) is 109 Å². The Labute approximate surface area is 261 Å². The van der Waals surface area contributed by atoms with Crippen LogP contribution in [-0.4, -0.2) is 9.97 Å². The first kappa shape index (κ1) is 28.0. The first-order chi connectivity index (χ1) is 17.8. The summed E-state index contributed by atoms with van der Waals surface area (Å²) in [5, 5.41) is 1.17. The number of benzene rings is 4. The molecular weight excluding hydrogens is 721 g/mol. The number of nitrogens with zero attached hydrogens (tertiary/aromatic N) is 2. The maximum atomic E-state index is 5.72. The number of aromatic nitrogens is 2. The van der Waals surface area contributed by atoms with Gasteiger partial charge in [-0.2, -0.15) is 35.4 Å². The molecule has 2 radical (unpaired) electrons. The second-order valence-corrected chi connectivity index (χ2v) is 8.26. The van der Waals surface area contributed by atoms with Gasteiger partial charge in [0.2, 0.25) is 0 Å². The number of rotatable bonds is 2. The maximum absolute atomic E-state index is 5.72. The summed E-state index contributed by atoms with van der Waals surface area (Å²) in [6.07, 6.45) is 1.77. The third-order valence-electron chi connectivity index (χ3n) is 5.91. The van der Waals surface area contributed by atoms with E-state index in [1.165, 1.54) is 5.39 Å². The van der Waals surface area contributed by atoms with Crippen molar-refractivity contribution < 1.29 is 57.6 Å². The summed E-state index contributed by atoms with van der Waals surface area (Å²) < 4.78 is 5.72. The van der Waals surface area contributed by atoms with Crippen LogP contribution in [0.3, 0.4) is 0 Å². The SMILES string of the molecule is [Ir].[Y].[c-]1ccccc1-c1[c-]c2c([c-]c1)-c1ncccc1OC2.[c-]1ccccc1-c1ccc2ccccc2n1. The molecule has 38 heavy (non-hydrogen) atoms. The normalized spacial score (nSPS) is 10.8. The summed E-state index contributed by atoms with van der Waals surface area (Å²) in [7, 11) is 0. The summed E-state index contributed by atoms with van der Waals surface area (Å²) in [5.41, 5.74) is 7.83. The zero-order chi connectivity index (χ0) is 24.2. The topological polar surface area (TPSA) is 35.0 Å². The molecule has 1 aliphatic rings. The molecule has 0 bridgehead atoms. The third-order valence-corrected chi connectivity index (χ3v) is 5.91. The predicted octanol–water partition coefficient (Wildman–Crippen LogP) is 7.41. The van der Waals surface area contributed by atoms with Gasteiger partial charge in [0, 0.05) is 59.0 Å². The Hall–Kier alpha value is -3.01. The van der Waals surface area contributed by atoms with Crippen molar-refractivity contribution >= 4 is 10.9 Å². The second kappa shape index (κ2) is 13.2. The molecule has 1 aliphatic heterocycles. The van der Waals surface area contributed by atoms with Crippen LogP contribution in [-0.2, 0) is 59.4 Å². The van der Waals surface area contributed by atoms with Crippen molar-refractivity contribution in [3.8, 4) is 39.4 Å². The molecule has 0 amide bonds. The number of hydrogen-bond acceptors (Lipinski definition) is 3. The van der Waals surface area contributed by atoms with Crippen LogP contribution in [0.2, 0.25) is 0 Å². The van der Waals surface area contributed by atoms with Gasteiger partial charge in [-0.25, -0.2) is 29.3 Å². The van der Waals surface area contributed by atoms with Crippen molar-refractivity contribution in [1.82, 2.24) is 9.97 Å². The van der Waals surface area contributed by atoms with Crippen molar-refractivity contribution in [2.45, 2.75) is 6.61 Å². The van der Waals surface area contributed by atoms with Crippen LogP contribution in [0.4, 0.5) is 0 Å². The molecule has 0 saturated heterocycles. The van der Waals surface area contributed by atoms with Gasteiger partial charge in [0.1, 0.15) is 0 Å². The van der Waals surface area contributed by atoms with Crippen LogP contribution in [0, 0.1) is 24.3 Å². The fourth-order valence-corrected chi connectivity index (χ4v) is 4.13. The Morgan fingerprint density at radius 2 is 1.47 bits per heavy atom. The number of hydrogen-bond donors (Lipinski definition) is 0. The van der Waals surface area contributed by atoms with E-state index in [4.69, 9.17) is 4.74 Å². The van der Waals surface area contributed by atoms with Gasteiger partial charge in [-0.15, -0.1) is 42.0 Å². The summed E-state index contributed by atoms with van der Waals surface area (Å²) in [4.78, 5) is 8.99. The molecule has 7 rings (SSSR count). The van der Waals surface area contributed by atoms with E-state index in [-0.39, 0.29) is 52.8 Å². The smallest absolute Gasteiger partial charge is 0.0937 e. The first-order valence-electron chi connectivity index (χ1n) is 11.7. The van der Waals surface area contributed by atoms with Crippen molar-refractivity contribution in [3.63, 3.8) is 0 Å². The molecule has 3 nitrogen and oxygen atoms in total. The minimum absolute atomic E-state index is 0. The molecule has 6 aromatic rings. The quantitative estimate of drug-likeness (QED) is 0.174. The minimum atomic E-state index is 0. The number of ether oxygens (including phenoxy) is 1. The van der Waals surface area contributed by atoms with Gasteiger partial charge < -0.3 is 9.72 Å². The Kier molecular flexibility index (Phi) is 9.71. The van der Waals surface area contributed by atoms with E-state index in [9.17, 15) is 0 Å². The Bertz CT molecular complexity index is 1640. The fourth-order valence-electron chi connectivity index (χ4n) is 4.13. The van der Waals surface area contributed by atoms with E-state index >= 15 is 0 Å². The summed E-state index contributed by atoms with van der Waals surface area (Å²) >= 11 is 0. The molecule has 0 unspecified atom stereocenters. The van der Waals surface area contributed by atoms with Crippen LogP contribution in [0.25, 0.3) is 44.5 Å². The molecule has 0 spiro atoms. The molecule has 2 aromatic heterocycles. The molecule has 0 N–H and O–H groups in total. The van der Waals surface area contributed by atoms with E-state index in [1.54, 1.807) is 6.20 Å². The summed E-state index contributed by atoms with van der Waals surface area (Å²) in [6.45, 7) is 0.505. The van der Waals surface area contributed by atoms with E-state index in [0.29, 0.717) is 6.61 Å². The van der Waals surface area contributed by atoms with Crippen molar-refractivity contribution in [1.29, 1.82) is 0 Å². The Balaban J connectivity index is 0.000000172. The molecule has 184 valence electrons. The van der Waals surface area contributed by atoms with Crippen LogP contribution < -0.4 is 4.74 Å². The molecule has 0 saturated carbocycles. The minimum Gasteiger partial charge on any atom is -0.508 e. The van der Waals surface area contributed by atoms with E-state index < -0.39 is 0 Å². The maximum Gasteiger partial charge on any atom is 0.0937 e. The summed E-state index contributed by atoms with van der Waals surface area (Å²) in [6, 6.07) is 46.9. The molecule has 0 fully saturated rings. The van der Waals surface area contributed by atoms with Gasteiger partial charge in [-0.1, -0.05) is 30.3 Å². The molecule has 4 aromatic carbocycles. The Morgan fingerprint density at radius 1 is 0.711 bits per heavy atom. The van der Waals surface area contributed by atoms with Gasteiger partial charge in [0.05, 0.1) is 17.9 Å². The van der Waals surface area contributed by atoms with Crippen LogP contribution >= 0.6 is 0 Å². The summed E-state index contributed by atoms with van der Waals surface area (Å²) in [5.74, 6) is 0.809. The largest absolute Gasteiger partial charge is 0.508 e. The number of para-hydroxylation sites is 1. The monoisotopic (exact) mass is 742 g/mol. The van der Waals surface area contributed by atoms with Crippen LogP contribution in [0.5, 0.6) is 5.75 Å².